The predicted octanol–water partition coefficient (Wildman–Crippen LogP) is 3.79. The zero-order valence-electron chi connectivity index (χ0n) is 10.7. The number of halogens is 1. The number of hydrogen-bond acceptors (Lipinski definition) is 1. The first kappa shape index (κ1) is 12.6. The Morgan fingerprint density at radius 1 is 1.41 bits per heavy atom. The first-order valence-electron chi connectivity index (χ1n) is 6.53. The molecule has 1 aromatic carbocycles. The van der Waals surface area contributed by atoms with Crippen LogP contribution >= 0.6 is 0 Å². The van der Waals surface area contributed by atoms with Gasteiger partial charge < -0.3 is 5.11 Å². The molecule has 1 N–H and O–H groups in total. The quantitative estimate of drug-likeness (QED) is 0.843. The van der Waals surface area contributed by atoms with Gasteiger partial charge in [-0.1, -0.05) is 32.4 Å². The minimum absolute atomic E-state index is 0.165. The van der Waals surface area contributed by atoms with Crippen molar-refractivity contribution in [2.24, 2.45) is 5.92 Å². The maximum Gasteiger partial charge on any atom is 0.126 e. The summed E-state index contributed by atoms with van der Waals surface area (Å²) in [5.41, 5.74) is 0.757. The zero-order valence-corrected chi connectivity index (χ0v) is 10.7. The van der Waals surface area contributed by atoms with Crippen molar-refractivity contribution in [2.75, 3.05) is 0 Å². The Morgan fingerprint density at radius 3 is 2.88 bits per heavy atom. The van der Waals surface area contributed by atoms with Crippen LogP contribution in [0, 0.1) is 11.7 Å². The lowest BCUT2D eigenvalue weighted by Gasteiger charge is -2.24. The summed E-state index contributed by atoms with van der Waals surface area (Å²) in [6, 6.07) is 5.06. The molecule has 0 radical (unpaired) electrons. The molecule has 0 amide bonds. The van der Waals surface area contributed by atoms with Crippen LogP contribution in [0.5, 0.6) is 0 Å². The first-order chi connectivity index (χ1) is 8.03. The van der Waals surface area contributed by atoms with Crippen molar-refractivity contribution >= 4 is 0 Å². The van der Waals surface area contributed by atoms with E-state index in [1.165, 1.54) is 6.07 Å². The number of fused-ring (bicyclic) bond motifs is 1. The summed E-state index contributed by atoms with van der Waals surface area (Å²) >= 11 is 0. The second kappa shape index (κ2) is 4.77. The summed E-state index contributed by atoms with van der Waals surface area (Å²) < 4.78 is 13.6. The summed E-state index contributed by atoms with van der Waals surface area (Å²) in [5.74, 6) is 0.495. The minimum atomic E-state index is -0.785. The molecule has 0 aromatic heterocycles. The maximum atomic E-state index is 13.6. The van der Waals surface area contributed by atoms with Crippen LogP contribution in [0.4, 0.5) is 4.39 Å². The van der Waals surface area contributed by atoms with Gasteiger partial charge in [-0.2, -0.15) is 0 Å². The van der Waals surface area contributed by atoms with E-state index in [2.05, 4.69) is 13.8 Å². The van der Waals surface area contributed by atoms with Gasteiger partial charge in [0, 0.05) is 0 Å². The Balaban J connectivity index is 2.11. The molecule has 0 spiro atoms. The van der Waals surface area contributed by atoms with Gasteiger partial charge in [-0.05, 0) is 48.8 Å². The third-order valence-electron chi connectivity index (χ3n) is 3.78. The molecular formula is C15H21FO. The first-order valence-corrected chi connectivity index (χ1v) is 6.53. The van der Waals surface area contributed by atoms with Gasteiger partial charge in [-0.15, -0.1) is 0 Å². The van der Waals surface area contributed by atoms with E-state index in [9.17, 15) is 9.50 Å². The predicted molar refractivity (Wildman–Crippen MR) is 67.3 cm³/mol. The van der Waals surface area contributed by atoms with Gasteiger partial charge in [-0.25, -0.2) is 4.39 Å². The third-order valence-corrected chi connectivity index (χ3v) is 3.78. The normalized spacial score (nSPS) is 23.1. The van der Waals surface area contributed by atoms with Crippen LogP contribution in [0.25, 0.3) is 0 Å². The highest BCUT2D eigenvalue weighted by atomic mass is 19.1. The van der Waals surface area contributed by atoms with Crippen LogP contribution in [0.15, 0.2) is 18.2 Å². The topological polar surface area (TPSA) is 20.2 Å². The molecule has 17 heavy (non-hydrogen) atoms. The summed E-state index contributed by atoms with van der Waals surface area (Å²) in [7, 11) is 0. The van der Waals surface area contributed by atoms with Crippen molar-refractivity contribution in [3.05, 3.63) is 35.1 Å². The van der Waals surface area contributed by atoms with Crippen LogP contribution in [-0.2, 0) is 12.0 Å². The summed E-state index contributed by atoms with van der Waals surface area (Å²) in [4.78, 5) is 0. The maximum absolute atomic E-state index is 13.6. The van der Waals surface area contributed by atoms with E-state index >= 15 is 0 Å². The second-order valence-electron chi connectivity index (χ2n) is 5.58. The fraction of sp³-hybridized carbons (Fsp3) is 0.600. The molecule has 0 aliphatic heterocycles. The van der Waals surface area contributed by atoms with E-state index in [1.807, 2.05) is 6.07 Å². The third kappa shape index (κ3) is 2.52. The summed E-state index contributed by atoms with van der Waals surface area (Å²) in [6.07, 6.45) is 4.21. The minimum Gasteiger partial charge on any atom is -0.385 e. The van der Waals surface area contributed by atoms with E-state index in [1.54, 1.807) is 6.07 Å². The fourth-order valence-electron chi connectivity index (χ4n) is 2.78. The van der Waals surface area contributed by atoms with Crippen LogP contribution in [-0.4, -0.2) is 5.11 Å². The molecule has 1 nitrogen and oxygen atoms in total. The van der Waals surface area contributed by atoms with E-state index in [0.717, 1.165) is 30.4 Å². The van der Waals surface area contributed by atoms with E-state index in [4.69, 9.17) is 0 Å². The molecule has 1 atom stereocenters. The van der Waals surface area contributed by atoms with Crippen molar-refractivity contribution in [2.45, 2.75) is 51.6 Å². The lowest BCUT2D eigenvalue weighted by molar-refractivity contribution is 0.0261. The second-order valence-corrected chi connectivity index (χ2v) is 5.58. The molecule has 94 valence electrons. The molecule has 1 aromatic rings. The van der Waals surface area contributed by atoms with Gasteiger partial charge in [0.1, 0.15) is 5.82 Å². The van der Waals surface area contributed by atoms with Crippen molar-refractivity contribution < 1.29 is 9.50 Å². The summed E-state index contributed by atoms with van der Waals surface area (Å²) in [6.45, 7) is 4.37. The Labute approximate surface area is 103 Å². The van der Waals surface area contributed by atoms with E-state index in [-0.39, 0.29) is 5.82 Å². The van der Waals surface area contributed by atoms with Crippen molar-refractivity contribution in [3.63, 3.8) is 0 Å². The van der Waals surface area contributed by atoms with Crippen LogP contribution in [0.2, 0.25) is 0 Å². The van der Waals surface area contributed by atoms with Gasteiger partial charge in [0.2, 0.25) is 0 Å². The number of rotatable bonds is 4. The molecule has 0 fully saturated rings. The van der Waals surface area contributed by atoms with Gasteiger partial charge >= 0.3 is 0 Å². The fourth-order valence-corrected chi connectivity index (χ4v) is 2.78. The molecule has 0 saturated heterocycles. The van der Waals surface area contributed by atoms with Crippen molar-refractivity contribution in [1.29, 1.82) is 0 Å². The highest BCUT2D eigenvalue weighted by molar-refractivity contribution is 5.38. The Hall–Kier alpha value is -0.890. The largest absolute Gasteiger partial charge is 0.385 e. The van der Waals surface area contributed by atoms with Crippen LogP contribution < -0.4 is 0 Å². The monoisotopic (exact) mass is 236 g/mol. The van der Waals surface area contributed by atoms with E-state index in [0.29, 0.717) is 18.8 Å². The molecule has 1 aliphatic rings. The average molecular weight is 236 g/mol. The van der Waals surface area contributed by atoms with Gasteiger partial charge in [-0.3, -0.25) is 0 Å². The summed E-state index contributed by atoms with van der Waals surface area (Å²) in [5, 5.41) is 10.6. The zero-order chi connectivity index (χ0) is 12.5. The molecule has 2 rings (SSSR count). The standard InChI is InChI=1S/C15H21FO/c1-11(2)5-4-9-15(17)10-8-12-13(15)6-3-7-14(12)16/h3,6-7,11,17H,4-5,8-10H2,1-2H3. The SMILES string of the molecule is CC(C)CCCC1(O)CCc2c(F)cccc21. The lowest BCUT2D eigenvalue weighted by atomic mass is 9.89. The Bertz CT molecular complexity index is 400. The molecule has 2 heteroatoms. The smallest absolute Gasteiger partial charge is 0.126 e. The Morgan fingerprint density at radius 2 is 2.18 bits per heavy atom. The van der Waals surface area contributed by atoms with Gasteiger partial charge in [0.15, 0.2) is 0 Å². The van der Waals surface area contributed by atoms with Gasteiger partial charge in [0.25, 0.3) is 0 Å². The lowest BCUT2D eigenvalue weighted by Crippen LogP contribution is -2.22. The number of aliphatic hydroxyl groups is 1. The molecule has 0 heterocycles. The van der Waals surface area contributed by atoms with Crippen LogP contribution in [0.1, 0.15) is 50.7 Å². The van der Waals surface area contributed by atoms with Crippen molar-refractivity contribution in [1.82, 2.24) is 0 Å². The molecule has 1 aliphatic carbocycles. The molecule has 0 bridgehead atoms. The molecule has 1 unspecified atom stereocenters. The molecule has 0 saturated carbocycles. The number of hydrogen-bond donors (Lipinski definition) is 1. The Kier molecular flexibility index (Phi) is 3.53. The van der Waals surface area contributed by atoms with Gasteiger partial charge in [0.05, 0.1) is 5.60 Å². The van der Waals surface area contributed by atoms with E-state index < -0.39 is 5.60 Å². The van der Waals surface area contributed by atoms with Crippen LogP contribution in [0.3, 0.4) is 0 Å². The molecular weight excluding hydrogens is 215 g/mol. The average Bonchev–Trinajstić information content (AvgIpc) is 2.58. The highest BCUT2D eigenvalue weighted by Crippen LogP contribution is 2.41. The highest BCUT2D eigenvalue weighted by Gasteiger charge is 2.37. The van der Waals surface area contributed by atoms with Crippen molar-refractivity contribution in [3.8, 4) is 0 Å². The number of benzene rings is 1.